The van der Waals surface area contributed by atoms with Crippen molar-refractivity contribution < 1.29 is 18.0 Å². The highest BCUT2D eigenvalue weighted by molar-refractivity contribution is 7.89. The number of fused-ring (bicyclic) bond motifs is 1. The van der Waals surface area contributed by atoms with E-state index in [4.69, 9.17) is 0 Å². The van der Waals surface area contributed by atoms with Crippen LogP contribution in [0.25, 0.3) is 0 Å². The molecule has 2 amide bonds. The van der Waals surface area contributed by atoms with Crippen LogP contribution in [0.4, 0.5) is 5.69 Å². The number of amides is 2. The minimum Gasteiger partial charge on any atom is -0.349 e. The van der Waals surface area contributed by atoms with Crippen LogP contribution in [0.3, 0.4) is 0 Å². The number of anilines is 1. The van der Waals surface area contributed by atoms with Gasteiger partial charge in [-0.25, -0.2) is 8.42 Å². The van der Waals surface area contributed by atoms with Gasteiger partial charge in [0.15, 0.2) is 0 Å². The van der Waals surface area contributed by atoms with Gasteiger partial charge in [-0.3, -0.25) is 19.5 Å². The van der Waals surface area contributed by atoms with Crippen LogP contribution >= 0.6 is 0 Å². The van der Waals surface area contributed by atoms with Gasteiger partial charge in [-0.1, -0.05) is 18.9 Å². The van der Waals surface area contributed by atoms with E-state index < -0.39 is 16.1 Å². The van der Waals surface area contributed by atoms with Gasteiger partial charge in [0.05, 0.1) is 17.1 Å². The Morgan fingerprint density at radius 2 is 1.84 bits per heavy atom. The summed E-state index contributed by atoms with van der Waals surface area (Å²) in [6.07, 6.45) is 5.73. The predicted octanol–water partition coefficient (Wildman–Crippen LogP) is 2.24. The van der Waals surface area contributed by atoms with Gasteiger partial charge in [0.2, 0.25) is 21.8 Å². The molecule has 2 aromatic rings. The van der Waals surface area contributed by atoms with E-state index in [1.807, 2.05) is 12.1 Å². The second-order valence-electron chi connectivity index (χ2n) is 8.26. The second-order valence-corrected chi connectivity index (χ2v) is 10.2. The summed E-state index contributed by atoms with van der Waals surface area (Å²) in [5.74, 6) is -0.552. The third kappa shape index (κ3) is 4.54. The lowest BCUT2D eigenvalue weighted by molar-refractivity contribution is -0.125. The van der Waals surface area contributed by atoms with Crippen molar-refractivity contribution in [3.05, 3.63) is 53.9 Å². The molecule has 9 heteroatoms. The molecule has 2 aliphatic heterocycles. The van der Waals surface area contributed by atoms with Crippen molar-refractivity contribution in [2.75, 3.05) is 18.0 Å². The molecule has 3 heterocycles. The molecule has 1 aromatic heterocycles. The minimum atomic E-state index is -3.61. The zero-order valence-electron chi connectivity index (χ0n) is 18.2. The van der Waals surface area contributed by atoms with Crippen molar-refractivity contribution in [2.24, 2.45) is 0 Å². The molecular formula is C23H28N4O4S. The monoisotopic (exact) mass is 456 g/mol. The van der Waals surface area contributed by atoms with Crippen LogP contribution in [-0.4, -0.2) is 48.7 Å². The van der Waals surface area contributed by atoms with E-state index in [1.165, 1.54) is 11.8 Å². The van der Waals surface area contributed by atoms with Gasteiger partial charge in [0, 0.05) is 38.3 Å². The molecule has 0 aliphatic carbocycles. The number of pyridine rings is 1. The van der Waals surface area contributed by atoms with Gasteiger partial charge in [-0.2, -0.15) is 4.31 Å². The third-order valence-electron chi connectivity index (χ3n) is 6.05. The first-order valence-corrected chi connectivity index (χ1v) is 12.4. The zero-order valence-corrected chi connectivity index (χ0v) is 19.0. The Kier molecular flexibility index (Phi) is 6.57. The molecule has 1 atom stereocenters. The summed E-state index contributed by atoms with van der Waals surface area (Å²) in [5, 5.41) is 2.84. The summed E-state index contributed by atoms with van der Waals surface area (Å²) >= 11 is 0. The van der Waals surface area contributed by atoms with Crippen molar-refractivity contribution >= 4 is 27.5 Å². The predicted molar refractivity (Wildman–Crippen MR) is 120 cm³/mol. The number of benzene rings is 1. The Morgan fingerprint density at radius 3 is 2.50 bits per heavy atom. The van der Waals surface area contributed by atoms with E-state index in [0.29, 0.717) is 24.3 Å². The third-order valence-corrected chi connectivity index (χ3v) is 7.94. The van der Waals surface area contributed by atoms with E-state index in [0.717, 1.165) is 31.4 Å². The molecule has 1 fully saturated rings. The van der Waals surface area contributed by atoms with Crippen LogP contribution < -0.4 is 10.2 Å². The molecule has 0 bridgehead atoms. The summed E-state index contributed by atoms with van der Waals surface area (Å²) in [7, 11) is -3.61. The Labute approximate surface area is 188 Å². The van der Waals surface area contributed by atoms with Crippen LogP contribution in [-0.2, 0) is 32.6 Å². The molecular weight excluding hydrogens is 428 g/mol. The Hall–Kier alpha value is -2.78. The van der Waals surface area contributed by atoms with Crippen molar-refractivity contribution in [1.29, 1.82) is 0 Å². The average molecular weight is 457 g/mol. The van der Waals surface area contributed by atoms with Crippen LogP contribution in [0.15, 0.2) is 47.5 Å². The van der Waals surface area contributed by atoms with E-state index in [2.05, 4.69) is 10.3 Å². The Morgan fingerprint density at radius 1 is 1.09 bits per heavy atom. The lowest BCUT2D eigenvalue weighted by Crippen LogP contribution is -2.47. The molecule has 0 saturated carbocycles. The van der Waals surface area contributed by atoms with Crippen LogP contribution in [0.5, 0.6) is 0 Å². The topological polar surface area (TPSA) is 99.7 Å². The minimum absolute atomic E-state index is 0.219. The maximum atomic E-state index is 13.2. The van der Waals surface area contributed by atoms with Gasteiger partial charge in [-0.15, -0.1) is 0 Å². The molecule has 32 heavy (non-hydrogen) atoms. The van der Waals surface area contributed by atoms with Crippen LogP contribution in [0, 0.1) is 0 Å². The fraction of sp³-hybridized carbons (Fsp3) is 0.435. The molecule has 0 unspecified atom stereocenters. The number of nitrogens with zero attached hydrogens (tertiary/aromatic N) is 3. The van der Waals surface area contributed by atoms with Gasteiger partial charge < -0.3 is 5.32 Å². The molecule has 8 nitrogen and oxygen atoms in total. The number of aromatic nitrogens is 1. The van der Waals surface area contributed by atoms with Crippen molar-refractivity contribution in [3.8, 4) is 0 Å². The highest BCUT2D eigenvalue weighted by Crippen LogP contribution is 2.35. The van der Waals surface area contributed by atoms with Gasteiger partial charge in [-0.05, 0) is 48.7 Å². The van der Waals surface area contributed by atoms with Crippen molar-refractivity contribution in [2.45, 2.75) is 56.5 Å². The number of nitrogens with one attached hydrogen (secondary N) is 1. The maximum absolute atomic E-state index is 13.2. The first-order valence-electron chi connectivity index (χ1n) is 11.0. The quantitative estimate of drug-likeness (QED) is 0.744. The highest BCUT2D eigenvalue weighted by Gasteiger charge is 2.38. The number of hydrogen-bond donors (Lipinski definition) is 1. The fourth-order valence-electron chi connectivity index (χ4n) is 4.42. The number of carbonyl (C=O) groups excluding carboxylic acids is 2. The van der Waals surface area contributed by atoms with Gasteiger partial charge >= 0.3 is 0 Å². The van der Waals surface area contributed by atoms with Crippen molar-refractivity contribution in [1.82, 2.24) is 14.6 Å². The normalized spacial score (nSPS) is 19.3. The smallest absolute Gasteiger partial charge is 0.243 e. The van der Waals surface area contributed by atoms with Crippen molar-refractivity contribution in [3.63, 3.8) is 0 Å². The number of sulfonamides is 1. The molecule has 0 radical (unpaired) electrons. The molecule has 4 rings (SSSR count). The number of carbonyl (C=O) groups is 2. The largest absolute Gasteiger partial charge is 0.349 e. The summed E-state index contributed by atoms with van der Waals surface area (Å²) in [4.78, 5) is 31.1. The summed E-state index contributed by atoms with van der Waals surface area (Å²) in [6, 6.07) is 9.55. The lowest BCUT2D eigenvalue weighted by atomic mass is 10.1. The lowest BCUT2D eigenvalue weighted by Gasteiger charge is -2.23. The van der Waals surface area contributed by atoms with E-state index in [1.54, 1.807) is 34.8 Å². The maximum Gasteiger partial charge on any atom is 0.243 e. The second kappa shape index (κ2) is 9.38. The molecule has 0 spiro atoms. The standard InChI is InChI=1S/C23H28N4O4S/c1-17(28)27-21-10-9-20(32(30,31)26-12-6-2-3-7-13-26)14-18(21)15-22(27)23(29)25-16-19-8-4-5-11-24-19/h4-5,8-11,14,22H,2-3,6-7,12-13,15-16H2,1H3,(H,25,29)/t22-/m1/s1. The zero-order chi connectivity index (χ0) is 22.7. The van der Waals surface area contributed by atoms with E-state index >= 15 is 0 Å². The van der Waals surface area contributed by atoms with E-state index in [-0.39, 0.29) is 29.7 Å². The van der Waals surface area contributed by atoms with Crippen LogP contribution in [0.1, 0.15) is 43.9 Å². The van der Waals surface area contributed by atoms with Gasteiger partial charge in [0.25, 0.3) is 0 Å². The first kappa shape index (κ1) is 22.4. The summed E-state index contributed by atoms with van der Waals surface area (Å²) in [6.45, 7) is 2.72. The number of hydrogen-bond acceptors (Lipinski definition) is 5. The Bertz CT molecular complexity index is 1100. The summed E-state index contributed by atoms with van der Waals surface area (Å²) < 4.78 is 27.9. The van der Waals surface area contributed by atoms with Gasteiger partial charge in [0.1, 0.15) is 6.04 Å². The van der Waals surface area contributed by atoms with E-state index in [9.17, 15) is 18.0 Å². The molecule has 170 valence electrons. The first-order chi connectivity index (χ1) is 15.4. The highest BCUT2D eigenvalue weighted by atomic mass is 32.2. The fourth-order valence-corrected chi connectivity index (χ4v) is 5.98. The molecule has 1 N–H and O–H groups in total. The Balaban J connectivity index is 1.55. The molecule has 1 saturated heterocycles. The SMILES string of the molecule is CC(=O)N1c2ccc(S(=O)(=O)N3CCCCCC3)cc2C[C@@H]1C(=O)NCc1ccccn1. The average Bonchev–Trinajstić information content (AvgIpc) is 2.96. The summed E-state index contributed by atoms with van der Waals surface area (Å²) in [5.41, 5.74) is 2.00. The number of rotatable bonds is 5. The van der Waals surface area contributed by atoms with Crippen LogP contribution in [0.2, 0.25) is 0 Å². The molecule has 1 aromatic carbocycles. The molecule has 2 aliphatic rings.